The number of nitriles is 2. The third-order valence-electron chi connectivity index (χ3n) is 9.13. The Morgan fingerprint density at radius 3 is 0.958 bits per heavy atom. The van der Waals surface area contributed by atoms with Crippen LogP contribution in [0.5, 0.6) is 0 Å². The molecule has 3 aromatic heterocycles. The first-order valence-electron chi connectivity index (χ1n) is 15.6. The lowest BCUT2D eigenvalue weighted by molar-refractivity contribution is 0.914. The van der Waals surface area contributed by atoms with E-state index in [1.54, 1.807) is 0 Å². The van der Waals surface area contributed by atoms with Crippen molar-refractivity contribution < 1.29 is 0 Å². The van der Waals surface area contributed by atoms with Crippen LogP contribution in [0.25, 0.3) is 77.5 Å². The van der Waals surface area contributed by atoms with Gasteiger partial charge in [0.15, 0.2) is 11.6 Å². The van der Waals surface area contributed by atoms with Crippen molar-refractivity contribution in [1.29, 1.82) is 10.5 Å². The molecule has 0 amide bonds. The van der Waals surface area contributed by atoms with Crippen LogP contribution in [0, 0.1) is 22.7 Å². The zero-order chi connectivity index (χ0) is 32.2. The molecule has 6 nitrogen and oxygen atoms in total. The second-order valence-corrected chi connectivity index (χ2v) is 11.7. The molecule has 0 radical (unpaired) electrons. The molecule has 0 atom stereocenters. The summed E-state index contributed by atoms with van der Waals surface area (Å²) >= 11 is 0. The van der Waals surface area contributed by atoms with Gasteiger partial charge in [-0.1, -0.05) is 97.1 Å². The van der Waals surface area contributed by atoms with Crippen LogP contribution >= 0.6 is 0 Å². The molecule has 222 valence electrons. The van der Waals surface area contributed by atoms with E-state index < -0.39 is 0 Å². The highest BCUT2D eigenvalue weighted by atomic mass is 15.3. The molecule has 0 aliphatic heterocycles. The summed E-state index contributed by atoms with van der Waals surface area (Å²) in [6.07, 6.45) is 0. The Morgan fingerprint density at radius 1 is 0.375 bits per heavy atom. The molecule has 6 aromatic carbocycles. The quantitative estimate of drug-likeness (QED) is 0.198. The maximum absolute atomic E-state index is 9.69. The summed E-state index contributed by atoms with van der Waals surface area (Å²) in [7, 11) is 0. The number of fused-ring (bicyclic) bond motifs is 6. The Morgan fingerprint density at radius 2 is 0.667 bits per heavy atom. The van der Waals surface area contributed by atoms with Crippen molar-refractivity contribution in [3.63, 3.8) is 0 Å². The van der Waals surface area contributed by atoms with E-state index in [-0.39, 0.29) is 0 Å². The summed E-state index contributed by atoms with van der Waals surface area (Å²) in [5.41, 5.74) is 8.70. The van der Waals surface area contributed by atoms with E-state index in [1.165, 1.54) is 0 Å². The molecule has 0 fully saturated rings. The molecule has 0 saturated heterocycles. The van der Waals surface area contributed by atoms with Gasteiger partial charge in [0.05, 0.1) is 45.3 Å². The fourth-order valence-electron chi connectivity index (χ4n) is 7.00. The number of hydrogen-bond donors (Lipinski definition) is 0. The maximum atomic E-state index is 9.69. The molecular weight excluding hydrogens is 589 g/mol. The van der Waals surface area contributed by atoms with Crippen molar-refractivity contribution in [3.8, 4) is 46.0 Å². The Balaban J connectivity index is 1.49. The Bertz CT molecular complexity index is 2490. The number of nitrogens with zero attached hydrogens (tertiary/aromatic N) is 6. The molecule has 0 unspecified atom stereocenters. The van der Waals surface area contributed by atoms with E-state index in [9.17, 15) is 10.5 Å². The number of aromatic nitrogens is 4. The fourth-order valence-corrected chi connectivity index (χ4v) is 7.00. The van der Waals surface area contributed by atoms with E-state index in [4.69, 9.17) is 10.2 Å². The molecule has 48 heavy (non-hydrogen) atoms. The highest BCUT2D eigenvalue weighted by Gasteiger charge is 2.26. The summed E-state index contributed by atoms with van der Waals surface area (Å²) in [5.74, 6) is 1.34. The van der Waals surface area contributed by atoms with Gasteiger partial charge in [0, 0.05) is 32.7 Å². The molecule has 0 aliphatic carbocycles. The van der Waals surface area contributed by atoms with Crippen LogP contribution in [0.3, 0.4) is 0 Å². The summed E-state index contributed by atoms with van der Waals surface area (Å²) in [6.45, 7) is 0. The summed E-state index contributed by atoms with van der Waals surface area (Å²) in [4.78, 5) is 0. The average Bonchev–Trinajstić information content (AvgIpc) is 3.67. The van der Waals surface area contributed by atoms with Gasteiger partial charge in [0.2, 0.25) is 0 Å². The van der Waals surface area contributed by atoms with Gasteiger partial charge in [-0.3, -0.25) is 9.13 Å². The summed E-state index contributed by atoms with van der Waals surface area (Å²) in [5, 5.41) is 34.1. The Hall–Kier alpha value is -7.02. The van der Waals surface area contributed by atoms with Gasteiger partial charge in [-0.15, -0.1) is 10.2 Å². The van der Waals surface area contributed by atoms with E-state index >= 15 is 0 Å². The van der Waals surface area contributed by atoms with Crippen molar-refractivity contribution in [2.45, 2.75) is 0 Å². The zero-order valence-electron chi connectivity index (χ0n) is 25.5. The standard InChI is InChI=1S/C42H24N6/c43-25-27-17-21-29(22-18-27)39-40(30-23-19-28(26-44)20-24-30)42(48-37-15-7-3-11-33(37)34-12-4-8-16-38(34)48)46-45-41(39)47-35-13-5-1-9-31(35)32-10-2-6-14-36(32)47/h1-24H. The molecule has 9 aromatic rings. The first-order valence-corrected chi connectivity index (χ1v) is 15.6. The highest BCUT2D eigenvalue weighted by Crippen LogP contribution is 2.44. The number of para-hydroxylation sites is 4. The largest absolute Gasteiger partial charge is 0.292 e. The number of benzene rings is 6. The molecule has 9 rings (SSSR count). The van der Waals surface area contributed by atoms with Gasteiger partial charge < -0.3 is 0 Å². The highest BCUT2D eigenvalue weighted by molar-refractivity contribution is 6.11. The third-order valence-corrected chi connectivity index (χ3v) is 9.13. The molecule has 0 N–H and O–H groups in total. The van der Waals surface area contributed by atoms with Crippen LogP contribution in [0.4, 0.5) is 0 Å². The van der Waals surface area contributed by atoms with Gasteiger partial charge in [-0.05, 0) is 59.7 Å². The molecule has 3 heterocycles. The normalized spacial score (nSPS) is 11.3. The molecule has 0 saturated carbocycles. The maximum Gasteiger partial charge on any atom is 0.169 e. The minimum atomic E-state index is 0.571. The van der Waals surface area contributed by atoms with Crippen LogP contribution in [0.1, 0.15) is 11.1 Å². The molecular formula is C42H24N6. The van der Waals surface area contributed by atoms with Crippen molar-refractivity contribution in [2.75, 3.05) is 0 Å². The van der Waals surface area contributed by atoms with Crippen LogP contribution in [0.15, 0.2) is 146 Å². The molecule has 0 spiro atoms. The molecule has 6 heteroatoms. The fraction of sp³-hybridized carbons (Fsp3) is 0. The first-order chi connectivity index (χ1) is 23.7. The first kappa shape index (κ1) is 27.3. The van der Waals surface area contributed by atoms with E-state index in [0.717, 1.165) is 65.9 Å². The van der Waals surface area contributed by atoms with Crippen LogP contribution in [-0.4, -0.2) is 19.3 Å². The van der Waals surface area contributed by atoms with Crippen LogP contribution < -0.4 is 0 Å². The minimum Gasteiger partial charge on any atom is -0.292 e. The minimum absolute atomic E-state index is 0.571. The second kappa shape index (κ2) is 10.8. The van der Waals surface area contributed by atoms with E-state index in [1.807, 2.05) is 72.8 Å². The zero-order valence-corrected chi connectivity index (χ0v) is 25.5. The van der Waals surface area contributed by atoms with Crippen molar-refractivity contribution in [3.05, 3.63) is 157 Å². The lowest BCUT2D eigenvalue weighted by Crippen LogP contribution is -2.10. The van der Waals surface area contributed by atoms with Crippen LogP contribution in [0.2, 0.25) is 0 Å². The lowest BCUT2D eigenvalue weighted by atomic mass is 9.94. The van der Waals surface area contributed by atoms with Gasteiger partial charge >= 0.3 is 0 Å². The van der Waals surface area contributed by atoms with Gasteiger partial charge in [-0.25, -0.2) is 0 Å². The second-order valence-electron chi connectivity index (χ2n) is 11.7. The monoisotopic (exact) mass is 612 g/mol. The smallest absolute Gasteiger partial charge is 0.169 e. The lowest BCUT2D eigenvalue weighted by Gasteiger charge is -2.21. The van der Waals surface area contributed by atoms with E-state index in [0.29, 0.717) is 22.8 Å². The Kier molecular flexibility index (Phi) is 6.15. The van der Waals surface area contributed by atoms with Crippen molar-refractivity contribution >= 4 is 43.6 Å². The SMILES string of the molecule is N#Cc1ccc(-c2c(-n3c4ccccc4c4ccccc43)nnc(-n3c4ccccc4c4ccccc43)c2-c2ccc(C#N)cc2)cc1. The topological polar surface area (TPSA) is 83.2 Å². The van der Waals surface area contributed by atoms with Gasteiger partial charge in [0.1, 0.15) is 0 Å². The third kappa shape index (κ3) is 4.04. The Labute approximate surface area is 275 Å². The number of rotatable bonds is 4. The van der Waals surface area contributed by atoms with E-state index in [2.05, 4.69) is 94.1 Å². The molecule has 0 aliphatic rings. The molecule has 0 bridgehead atoms. The predicted molar refractivity (Wildman–Crippen MR) is 191 cm³/mol. The van der Waals surface area contributed by atoms with Crippen molar-refractivity contribution in [2.24, 2.45) is 0 Å². The predicted octanol–water partition coefficient (Wildman–Crippen LogP) is 9.75. The van der Waals surface area contributed by atoms with Crippen molar-refractivity contribution in [1.82, 2.24) is 19.3 Å². The average molecular weight is 613 g/mol. The van der Waals surface area contributed by atoms with Gasteiger partial charge in [-0.2, -0.15) is 10.5 Å². The summed E-state index contributed by atoms with van der Waals surface area (Å²) in [6, 6.07) is 53.2. The van der Waals surface area contributed by atoms with Crippen LogP contribution in [-0.2, 0) is 0 Å². The van der Waals surface area contributed by atoms with Gasteiger partial charge in [0.25, 0.3) is 0 Å². The summed E-state index contributed by atoms with van der Waals surface area (Å²) < 4.78 is 4.38. The number of hydrogen-bond acceptors (Lipinski definition) is 4.